The van der Waals surface area contributed by atoms with Gasteiger partial charge in [-0.15, -0.1) is 0 Å². The summed E-state index contributed by atoms with van der Waals surface area (Å²) < 4.78 is 5.17. The van der Waals surface area contributed by atoms with Crippen LogP contribution in [0.2, 0.25) is 0 Å². The van der Waals surface area contributed by atoms with Gasteiger partial charge in [0.15, 0.2) is 0 Å². The van der Waals surface area contributed by atoms with Gasteiger partial charge < -0.3 is 15.0 Å². The lowest BCUT2D eigenvalue weighted by Crippen LogP contribution is -2.38. The van der Waals surface area contributed by atoms with Crippen LogP contribution in [0.15, 0.2) is 18.2 Å². The Bertz CT molecular complexity index is 715. The quantitative estimate of drug-likeness (QED) is 0.642. The van der Waals surface area contributed by atoms with Crippen molar-refractivity contribution in [3.63, 3.8) is 0 Å². The van der Waals surface area contributed by atoms with Gasteiger partial charge in [0.25, 0.3) is 5.69 Å². The number of nitro groups is 1. The first-order valence-corrected chi connectivity index (χ1v) is 8.92. The number of nitro benzene ring substituents is 1. The van der Waals surface area contributed by atoms with Gasteiger partial charge in [0.1, 0.15) is 5.75 Å². The average Bonchev–Trinajstić information content (AvgIpc) is 3.04. The van der Waals surface area contributed by atoms with E-state index in [1.807, 2.05) is 4.90 Å². The zero-order chi connectivity index (χ0) is 18.7. The highest BCUT2D eigenvalue weighted by Crippen LogP contribution is 2.32. The fraction of sp³-hybridized carbons (Fsp3) is 0.556. The summed E-state index contributed by atoms with van der Waals surface area (Å²) >= 11 is 0. The van der Waals surface area contributed by atoms with Gasteiger partial charge in [-0.3, -0.25) is 19.7 Å². The topological polar surface area (TPSA) is 102 Å². The van der Waals surface area contributed by atoms with Gasteiger partial charge >= 0.3 is 0 Å². The molecule has 1 saturated heterocycles. The molecule has 1 saturated carbocycles. The van der Waals surface area contributed by atoms with Crippen LogP contribution in [0.5, 0.6) is 5.75 Å². The summed E-state index contributed by atoms with van der Waals surface area (Å²) in [6.45, 7) is 0.409. The predicted octanol–water partition coefficient (Wildman–Crippen LogP) is 2.72. The van der Waals surface area contributed by atoms with Crippen LogP contribution < -0.4 is 10.1 Å². The molecular weight excluding hydrogens is 338 g/mol. The first-order valence-electron chi connectivity index (χ1n) is 8.92. The Morgan fingerprint density at radius 2 is 2.04 bits per heavy atom. The van der Waals surface area contributed by atoms with Crippen molar-refractivity contribution in [3.05, 3.63) is 28.3 Å². The number of likely N-dealkylation sites (tertiary alicyclic amines) is 1. The zero-order valence-corrected chi connectivity index (χ0v) is 14.8. The van der Waals surface area contributed by atoms with Crippen LogP contribution in [0.1, 0.15) is 38.5 Å². The number of rotatable bonds is 5. The molecule has 3 rings (SSSR count). The van der Waals surface area contributed by atoms with Crippen molar-refractivity contribution >= 4 is 23.2 Å². The number of hydrogen-bond acceptors (Lipinski definition) is 5. The minimum atomic E-state index is -0.529. The lowest BCUT2D eigenvalue weighted by molar-refractivity contribution is -0.384. The van der Waals surface area contributed by atoms with Crippen LogP contribution in [0.4, 0.5) is 11.4 Å². The van der Waals surface area contributed by atoms with E-state index in [4.69, 9.17) is 4.74 Å². The summed E-state index contributed by atoms with van der Waals surface area (Å²) in [5.41, 5.74) is 0.114. The molecule has 0 bridgehead atoms. The molecule has 140 valence electrons. The molecule has 2 aliphatic rings. The van der Waals surface area contributed by atoms with Gasteiger partial charge in [-0.2, -0.15) is 0 Å². The molecule has 1 aromatic rings. The maximum atomic E-state index is 12.6. The Hall–Kier alpha value is -2.64. The molecule has 0 unspecified atom stereocenters. The van der Waals surface area contributed by atoms with Crippen LogP contribution in [-0.2, 0) is 9.59 Å². The normalized spacial score (nSPS) is 20.9. The molecule has 0 radical (unpaired) electrons. The molecule has 0 spiro atoms. The van der Waals surface area contributed by atoms with Crippen molar-refractivity contribution in [2.75, 3.05) is 19.0 Å². The zero-order valence-electron chi connectivity index (χ0n) is 14.8. The number of nitrogens with one attached hydrogen (secondary N) is 1. The van der Waals surface area contributed by atoms with E-state index < -0.39 is 10.8 Å². The third-order valence-corrected chi connectivity index (χ3v) is 5.20. The van der Waals surface area contributed by atoms with E-state index in [9.17, 15) is 19.7 Å². The number of anilines is 1. The number of non-ortho nitro benzene ring substituents is 1. The van der Waals surface area contributed by atoms with E-state index >= 15 is 0 Å². The number of methoxy groups -OCH3 is 1. The van der Waals surface area contributed by atoms with E-state index in [2.05, 4.69) is 5.32 Å². The van der Waals surface area contributed by atoms with Crippen molar-refractivity contribution in [2.45, 2.75) is 44.6 Å². The first kappa shape index (κ1) is 18.2. The fourth-order valence-electron chi connectivity index (χ4n) is 3.79. The average molecular weight is 361 g/mol. The number of nitrogens with zero attached hydrogens (tertiary/aromatic N) is 2. The van der Waals surface area contributed by atoms with Gasteiger partial charge in [0.2, 0.25) is 11.8 Å². The second kappa shape index (κ2) is 7.72. The van der Waals surface area contributed by atoms with Crippen LogP contribution in [0, 0.1) is 16.0 Å². The number of hydrogen-bond donors (Lipinski definition) is 1. The van der Waals surface area contributed by atoms with Crippen molar-refractivity contribution in [1.82, 2.24) is 4.90 Å². The van der Waals surface area contributed by atoms with E-state index in [1.165, 1.54) is 31.7 Å². The second-order valence-electron chi connectivity index (χ2n) is 6.87. The maximum absolute atomic E-state index is 12.6. The molecule has 1 atom stereocenters. The SMILES string of the molecule is COc1ccc([N+](=O)[O-])cc1NC(=O)[C@H]1CC(=O)N(C2CCCCC2)C1. The van der Waals surface area contributed by atoms with Crippen molar-refractivity contribution in [3.8, 4) is 5.75 Å². The Kier molecular flexibility index (Phi) is 5.39. The molecule has 8 nitrogen and oxygen atoms in total. The molecule has 1 aliphatic carbocycles. The lowest BCUT2D eigenvalue weighted by atomic mass is 9.94. The predicted molar refractivity (Wildman–Crippen MR) is 95.0 cm³/mol. The number of carbonyl (C=O) groups is 2. The van der Waals surface area contributed by atoms with Gasteiger partial charge in [0.05, 0.1) is 23.6 Å². The minimum Gasteiger partial charge on any atom is -0.495 e. The molecule has 1 heterocycles. The Balaban J connectivity index is 1.69. The minimum absolute atomic E-state index is 0.0167. The summed E-state index contributed by atoms with van der Waals surface area (Å²) in [7, 11) is 1.43. The molecule has 1 aromatic carbocycles. The molecule has 1 aliphatic heterocycles. The highest BCUT2D eigenvalue weighted by Gasteiger charge is 2.38. The standard InChI is InChI=1S/C18H23N3O5/c1-26-16-8-7-14(21(24)25)10-15(16)19-18(23)12-9-17(22)20(11-12)13-5-3-2-4-6-13/h7-8,10,12-13H,2-6,9,11H2,1H3,(H,19,23)/t12-/m0/s1. The third-order valence-electron chi connectivity index (χ3n) is 5.20. The Morgan fingerprint density at radius 3 is 2.69 bits per heavy atom. The van der Waals surface area contributed by atoms with E-state index in [1.54, 1.807) is 0 Å². The van der Waals surface area contributed by atoms with Gasteiger partial charge in [-0.25, -0.2) is 0 Å². The van der Waals surface area contributed by atoms with Crippen molar-refractivity contribution in [2.24, 2.45) is 5.92 Å². The molecule has 2 fully saturated rings. The number of ether oxygens (including phenoxy) is 1. The summed E-state index contributed by atoms with van der Waals surface area (Å²) in [6.07, 6.45) is 5.62. The molecule has 2 amide bonds. The maximum Gasteiger partial charge on any atom is 0.271 e. The first-order chi connectivity index (χ1) is 12.5. The van der Waals surface area contributed by atoms with Crippen LogP contribution in [-0.4, -0.2) is 41.3 Å². The van der Waals surface area contributed by atoms with E-state index in [0.717, 1.165) is 25.7 Å². The third kappa shape index (κ3) is 3.79. The fourth-order valence-corrected chi connectivity index (χ4v) is 3.79. The molecule has 1 N–H and O–H groups in total. The van der Waals surface area contributed by atoms with Crippen molar-refractivity contribution < 1.29 is 19.2 Å². The second-order valence-corrected chi connectivity index (χ2v) is 6.87. The van der Waals surface area contributed by atoms with Crippen LogP contribution in [0.25, 0.3) is 0 Å². The number of amides is 2. The highest BCUT2D eigenvalue weighted by molar-refractivity contribution is 5.98. The largest absolute Gasteiger partial charge is 0.495 e. The van der Waals surface area contributed by atoms with E-state index in [0.29, 0.717) is 12.3 Å². The van der Waals surface area contributed by atoms with Crippen LogP contribution >= 0.6 is 0 Å². The summed E-state index contributed by atoms with van der Waals surface area (Å²) in [5, 5.41) is 13.7. The van der Waals surface area contributed by atoms with Crippen molar-refractivity contribution in [1.29, 1.82) is 0 Å². The van der Waals surface area contributed by atoms with Gasteiger partial charge in [0, 0.05) is 31.1 Å². The number of benzene rings is 1. The summed E-state index contributed by atoms with van der Waals surface area (Å²) in [6, 6.07) is 4.27. The molecule has 26 heavy (non-hydrogen) atoms. The summed E-state index contributed by atoms with van der Waals surface area (Å²) in [4.78, 5) is 37.2. The molecular formula is C18H23N3O5. The van der Waals surface area contributed by atoms with E-state index in [-0.39, 0.29) is 35.7 Å². The molecule has 0 aromatic heterocycles. The molecule has 8 heteroatoms. The lowest BCUT2D eigenvalue weighted by Gasteiger charge is -2.31. The Labute approximate surface area is 151 Å². The Morgan fingerprint density at radius 1 is 1.31 bits per heavy atom. The monoisotopic (exact) mass is 361 g/mol. The van der Waals surface area contributed by atoms with Gasteiger partial charge in [-0.05, 0) is 18.9 Å². The summed E-state index contributed by atoms with van der Waals surface area (Å²) in [5.74, 6) is -0.399. The van der Waals surface area contributed by atoms with Gasteiger partial charge in [-0.1, -0.05) is 19.3 Å². The van der Waals surface area contributed by atoms with Crippen LogP contribution in [0.3, 0.4) is 0 Å². The highest BCUT2D eigenvalue weighted by atomic mass is 16.6. The smallest absolute Gasteiger partial charge is 0.271 e. The number of carbonyl (C=O) groups excluding carboxylic acids is 2.